The van der Waals surface area contributed by atoms with Crippen molar-refractivity contribution in [1.29, 1.82) is 0 Å². The number of carbonyl (C=O) groups excluding carboxylic acids is 2. The second-order valence-corrected chi connectivity index (χ2v) is 6.85. The average molecular weight is 355 g/mol. The molecule has 6 nitrogen and oxygen atoms in total. The largest absolute Gasteiger partial charge is 0.441 e. The van der Waals surface area contributed by atoms with E-state index in [1.54, 1.807) is 16.7 Å². The molecule has 1 aliphatic heterocycles. The summed E-state index contributed by atoms with van der Waals surface area (Å²) in [6.45, 7) is 8.68. The molecule has 6 heteroatoms. The van der Waals surface area contributed by atoms with E-state index in [1.807, 2.05) is 45.0 Å². The summed E-state index contributed by atoms with van der Waals surface area (Å²) in [5.74, 6) is 1.15. The SMILES string of the molecule is CCCN1CC(=O)N(Cc2nc(-c3ccc(C)cc3)oc2C)[C@H](C)C1=O. The van der Waals surface area contributed by atoms with E-state index >= 15 is 0 Å². The van der Waals surface area contributed by atoms with E-state index in [0.717, 1.165) is 12.0 Å². The van der Waals surface area contributed by atoms with Crippen LogP contribution in [0.15, 0.2) is 28.7 Å². The highest BCUT2D eigenvalue weighted by Crippen LogP contribution is 2.24. The number of nitrogens with zero attached hydrogens (tertiary/aromatic N) is 3. The Balaban J connectivity index is 1.79. The van der Waals surface area contributed by atoms with Crippen molar-refractivity contribution in [3.8, 4) is 11.5 Å². The number of aromatic nitrogens is 1. The molecule has 3 rings (SSSR count). The van der Waals surface area contributed by atoms with Crippen molar-refractivity contribution in [1.82, 2.24) is 14.8 Å². The summed E-state index contributed by atoms with van der Waals surface area (Å²) in [5.41, 5.74) is 2.76. The van der Waals surface area contributed by atoms with Crippen LogP contribution in [-0.2, 0) is 16.1 Å². The number of piperazine rings is 1. The van der Waals surface area contributed by atoms with Gasteiger partial charge >= 0.3 is 0 Å². The third-order valence-corrected chi connectivity index (χ3v) is 4.79. The molecule has 0 aliphatic carbocycles. The van der Waals surface area contributed by atoms with Crippen molar-refractivity contribution < 1.29 is 14.0 Å². The number of aryl methyl sites for hydroxylation is 2. The number of benzene rings is 1. The maximum absolute atomic E-state index is 12.5. The molecule has 1 fully saturated rings. The molecular formula is C20H25N3O3. The first kappa shape index (κ1) is 18.2. The van der Waals surface area contributed by atoms with Gasteiger partial charge in [-0.25, -0.2) is 4.98 Å². The van der Waals surface area contributed by atoms with Gasteiger partial charge in [0.25, 0.3) is 0 Å². The molecule has 0 spiro atoms. The third-order valence-electron chi connectivity index (χ3n) is 4.79. The van der Waals surface area contributed by atoms with Crippen molar-refractivity contribution in [2.45, 2.75) is 46.7 Å². The Morgan fingerprint density at radius 2 is 1.88 bits per heavy atom. The number of carbonyl (C=O) groups is 2. The van der Waals surface area contributed by atoms with Crippen molar-refractivity contribution in [2.24, 2.45) is 0 Å². The van der Waals surface area contributed by atoms with Crippen LogP contribution in [0.5, 0.6) is 0 Å². The quantitative estimate of drug-likeness (QED) is 0.827. The van der Waals surface area contributed by atoms with Gasteiger partial charge in [0.05, 0.1) is 13.1 Å². The fourth-order valence-corrected chi connectivity index (χ4v) is 3.19. The molecule has 2 amide bonds. The summed E-state index contributed by atoms with van der Waals surface area (Å²) in [5, 5.41) is 0. The molecule has 0 saturated carbocycles. The average Bonchev–Trinajstić information content (AvgIpc) is 2.98. The summed E-state index contributed by atoms with van der Waals surface area (Å²) in [7, 11) is 0. The van der Waals surface area contributed by atoms with E-state index in [9.17, 15) is 9.59 Å². The number of hydrogen-bond acceptors (Lipinski definition) is 4. The van der Waals surface area contributed by atoms with Crippen molar-refractivity contribution in [2.75, 3.05) is 13.1 Å². The maximum Gasteiger partial charge on any atom is 0.245 e. The van der Waals surface area contributed by atoms with Crippen molar-refractivity contribution in [3.05, 3.63) is 41.3 Å². The Kier molecular flexibility index (Phi) is 5.11. The van der Waals surface area contributed by atoms with E-state index in [4.69, 9.17) is 4.42 Å². The number of amides is 2. The summed E-state index contributed by atoms with van der Waals surface area (Å²) in [6.07, 6.45) is 0.841. The Bertz CT molecular complexity index is 810. The van der Waals surface area contributed by atoms with Gasteiger partial charge in [-0.1, -0.05) is 24.6 Å². The molecule has 1 aromatic carbocycles. The highest BCUT2D eigenvalue weighted by molar-refractivity contribution is 5.94. The van der Waals surface area contributed by atoms with Gasteiger partial charge in [-0.15, -0.1) is 0 Å². The van der Waals surface area contributed by atoms with Gasteiger partial charge in [0.1, 0.15) is 17.5 Å². The third kappa shape index (κ3) is 3.49. The Morgan fingerprint density at radius 1 is 1.19 bits per heavy atom. The molecule has 1 saturated heterocycles. The van der Waals surface area contributed by atoms with Crippen LogP contribution in [0.4, 0.5) is 0 Å². The fourth-order valence-electron chi connectivity index (χ4n) is 3.19. The molecule has 2 aromatic rings. The van der Waals surface area contributed by atoms with E-state index in [1.165, 1.54) is 5.56 Å². The van der Waals surface area contributed by atoms with Gasteiger partial charge in [0, 0.05) is 12.1 Å². The number of hydrogen-bond donors (Lipinski definition) is 0. The lowest BCUT2D eigenvalue weighted by molar-refractivity contribution is -0.155. The fraction of sp³-hybridized carbons (Fsp3) is 0.450. The van der Waals surface area contributed by atoms with Gasteiger partial charge < -0.3 is 14.2 Å². The van der Waals surface area contributed by atoms with Crippen LogP contribution in [-0.4, -0.2) is 45.7 Å². The summed E-state index contributed by atoms with van der Waals surface area (Å²) in [4.78, 5) is 32.8. The Morgan fingerprint density at radius 3 is 2.54 bits per heavy atom. The molecule has 0 bridgehead atoms. The minimum absolute atomic E-state index is 0.00800. The van der Waals surface area contributed by atoms with E-state index < -0.39 is 6.04 Å². The molecule has 26 heavy (non-hydrogen) atoms. The minimum Gasteiger partial charge on any atom is -0.441 e. The molecule has 1 aliphatic rings. The summed E-state index contributed by atoms with van der Waals surface area (Å²) >= 11 is 0. The van der Waals surface area contributed by atoms with Gasteiger partial charge in [-0.2, -0.15) is 0 Å². The second-order valence-electron chi connectivity index (χ2n) is 6.85. The standard InChI is InChI=1S/C20H25N3O3/c1-5-10-22-12-18(24)23(14(3)20(22)25)11-17-15(4)26-19(21-17)16-8-6-13(2)7-9-16/h6-9,14H,5,10-12H2,1-4H3/t14-/m1/s1. The molecule has 138 valence electrons. The number of rotatable bonds is 5. The van der Waals surface area contributed by atoms with Gasteiger partial charge in [0.2, 0.25) is 17.7 Å². The summed E-state index contributed by atoms with van der Waals surface area (Å²) < 4.78 is 5.79. The lowest BCUT2D eigenvalue weighted by Crippen LogP contribution is -2.58. The summed E-state index contributed by atoms with van der Waals surface area (Å²) in [6, 6.07) is 7.45. The lowest BCUT2D eigenvalue weighted by atomic mass is 10.1. The van der Waals surface area contributed by atoms with Crippen molar-refractivity contribution in [3.63, 3.8) is 0 Å². The first-order chi connectivity index (χ1) is 12.4. The smallest absolute Gasteiger partial charge is 0.245 e. The Hall–Kier alpha value is -2.63. The van der Waals surface area contributed by atoms with Crippen LogP contribution in [0.3, 0.4) is 0 Å². The molecular weight excluding hydrogens is 330 g/mol. The van der Waals surface area contributed by atoms with E-state index in [-0.39, 0.29) is 24.9 Å². The van der Waals surface area contributed by atoms with Crippen LogP contribution in [0.1, 0.15) is 37.3 Å². The highest BCUT2D eigenvalue weighted by Gasteiger charge is 2.36. The first-order valence-corrected chi connectivity index (χ1v) is 9.02. The molecule has 1 atom stereocenters. The first-order valence-electron chi connectivity index (χ1n) is 9.02. The molecule has 1 aromatic heterocycles. The molecule has 0 N–H and O–H groups in total. The lowest BCUT2D eigenvalue weighted by Gasteiger charge is -2.38. The van der Waals surface area contributed by atoms with Crippen LogP contribution in [0.2, 0.25) is 0 Å². The zero-order valence-electron chi connectivity index (χ0n) is 15.8. The normalized spacial score (nSPS) is 17.9. The van der Waals surface area contributed by atoms with Crippen LogP contribution in [0, 0.1) is 13.8 Å². The van der Waals surface area contributed by atoms with Crippen LogP contribution >= 0.6 is 0 Å². The van der Waals surface area contributed by atoms with Crippen LogP contribution in [0.25, 0.3) is 11.5 Å². The van der Waals surface area contributed by atoms with E-state index in [2.05, 4.69) is 4.98 Å². The topological polar surface area (TPSA) is 66.7 Å². The predicted octanol–water partition coefficient (Wildman–Crippen LogP) is 2.93. The van der Waals surface area contributed by atoms with Crippen molar-refractivity contribution >= 4 is 11.8 Å². The second kappa shape index (κ2) is 7.32. The van der Waals surface area contributed by atoms with E-state index in [0.29, 0.717) is 23.9 Å². The predicted molar refractivity (Wildman–Crippen MR) is 98.3 cm³/mol. The molecule has 0 radical (unpaired) electrons. The molecule has 2 heterocycles. The minimum atomic E-state index is -0.485. The Labute approximate surface area is 153 Å². The van der Waals surface area contributed by atoms with Crippen LogP contribution < -0.4 is 0 Å². The van der Waals surface area contributed by atoms with Gasteiger partial charge in [-0.3, -0.25) is 9.59 Å². The van der Waals surface area contributed by atoms with Gasteiger partial charge in [-0.05, 0) is 39.3 Å². The highest BCUT2D eigenvalue weighted by atomic mass is 16.4. The zero-order valence-corrected chi connectivity index (χ0v) is 15.8. The maximum atomic E-state index is 12.5. The van der Waals surface area contributed by atoms with Gasteiger partial charge in [0.15, 0.2) is 0 Å². The monoisotopic (exact) mass is 355 g/mol. The molecule has 0 unspecified atom stereocenters. The zero-order chi connectivity index (χ0) is 18.8. The number of oxazole rings is 1.